The van der Waals surface area contributed by atoms with E-state index in [1.807, 2.05) is 12.2 Å². The average molecular weight is 353 g/mol. The summed E-state index contributed by atoms with van der Waals surface area (Å²) >= 11 is 0. The van der Waals surface area contributed by atoms with Crippen molar-refractivity contribution in [1.29, 1.82) is 0 Å². The molecule has 140 valence electrons. The second-order valence-corrected chi connectivity index (χ2v) is 6.52. The molecule has 3 amide bonds. The molecular formula is C17H27N3O5. The molecule has 0 saturated heterocycles. The Bertz CT molecular complexity index is 550. The Kier molecular flexibility index (Phi) is 6.41. The minimum atomic E-state index is -1.12. The van der Waals surface area contributed by atoms with Crippen molar-refractivity contribution in [2.45, 2.75) is 44.2 Å². The summed E-state index contributed by atoms with van der Waals surface area (Å²) in [6, 6.07) is -1.55. The van der Waals surface area contributed by atoms with Crippen LogP contribution < -0.4 is 10.6 Å². The van der Waals surface area contributed by atoms with Gasteiger partial charge in [-0.3, -0.25) is 4.79 Å². The Balaban J connectivity index is 2.19. The minimum absolute atomic E-state index is 0.129. The van der Waals surface area contributed by atoms with E-state index in [9.17, 15) is 19.5 Å². The molecule has 8 nitrogen and oxygen atoms in total. The number of aliphatic hydroxyl groups excluding tert-OH is 1. The number of esters is 1. The summed E-state index contributed by atoms with van der Waals surface area (Å²) in [5.41, 5.74) is -1.10. The molecule has 25 heavy (non-hydrogen) atoms. The van der Waals surface area contributed by atoms with E-state index in [-0.39, 0.29) is 12.5 Å². The van der Waals surface area contributed by atoms with E-state index < -0.39 is 36.1 Å². The van der Waals surface area contributed by atoms with E-state index >= 15 is 0 Å². The molecule has 0 radical (unpaired) electrons. The number of carbonyl (C=O) groups is 3. The van der Waals surface area contributed by atoms with Crippen LogP contribution in [0.5, 0.6) is 0 Å². The molecule has 0 unspecified atom stereocenters. The van der Waals surface area contributed by atoms with Gasteiger partial charge < -0.3 is 25.4 Å². The van der Waals surface area contributed by atoms with Crippen LogP contribution in [-0.2, 0) is 14.3 Å². The van der Waals surface area contributed by atoms with Crippen molar-refractivity contribution in [1.82, 2.24) is 15.5 Å². The lowest BCUT2D eigenvalue weighted by molar-refractivity contribution is -0.149. The normalized spacial score (nSPS) is 31.9. The number of hydrogen-bond acceptors (Lipinski definition) is 5. The highest BCUT2D eigenvalue weighted by molar-refractivity contribution is 5.95. The number of urea groups is 1. The number of fused-ring (bicyclic) bond motifs is 1. The molecule has 1 heterocycles. The van der Waals surface area contributed by atoms with Crippen LogP contribution in [0, 0.1) is 5.92 Å². The van der Waals surface area contributed by atoms with Crippen LogP contribution >= 0.6 is 0 Å². The van der Waals surface area contributed by atoms with Crippen molar-refractivity contribution in [2.24, 2.45) is 5.92 Å². The molecule has 0 aromatic carbocycles. The minimum Gasteiger partial charge on any atom is -0.464 e. The number of rotatable bonds is 3. The summed E-state index contributed by atoms with van der Waals surface area (Å²) in [6.45, 7) is 1.94. The number of allylic oxidation sites excluding steroid dienone is 1. The fourth-order valence-corrected chi connectivity index (χ4v) is 2.94. The van der Waals surface area contributed by atoms with Crippen molar-refractivity contribution in [3.05, 3.63) is 12.2 Å². The number of amides is 3. The molecule has 3 N–H and O–H groups in total. The van der Waals surface area contributed by atoms with Crippen LogP contribution in [0.1, 0.15) is 32.6 Å². The molecule has 1 fully saturated rings. The second-order valence-electron chi connectivity index (χ2n) is 6.52. The first kappa shape index (κ1) is 19.2. The van der Waals surface area contributed by atoms with Crippen molar-refractivity contribution >= 4 is 17.9 Å². The van der Waals surface area contributed by atoms with Crippen LogP contribution in [0.4, 0.5) is 4.79 Å². The summed E-state index contributed by atoms with van der Waals surface area (Å²) in [7, 11) is 1.64. The Morgan fingerprint density at radius 2 is 2.20 bits per heavy atom. The molecule has 0 aromatic rings. The molecule has 2 rings (SSSR count). The van der Waals surface area contributed by atoms with E-state index in [4.69, 9.17) is 4.74 Å². The average Bonchev–Trinajstić information content (AvgIpc) is 3.28. The number of ether oxygens (including phenoxy) is 1. The van der Waals surface area contributed by atoms with E-state index in [1.54, 1.807) is 14.0 Å². The largest absolute Gasteiger partial charge is 0.464 e. The van der Waals surface area contributed by atoms with E-state index in [1.165, 1.54) is 4.90 Å². The Labute approximate surface area is 147 Å². The summed E-state index contributed by atoms with van der Waals surface area (Å²) < 4.78 is 5.10. The fourth-order valence-electron chi connectivity index (χ4n) is 2.94. The van der Waals surface area contributed by atoms with Crippen LogP contribution in [0.2, 0.25) is 0 Å². The van der Waals surface area contributed by atoms with Gasteiger partial charge in [-0.1, -0.05) is 12.2 Å². The molecule has 1 aliphatic heterocycles. The number of hydrogen-bond donors (Lipinski definition) is 3. The van der Waals surface area contributed by atoms with Gasteiger partial charge in [-0.2, -0.15) is 0 Å². The highest BCUT2D eigenvalue weighted by Crippen LogP contribution is 2.45. The van der Waals surface area contributed by atoms with Crippen molar-refractivity contribution in [3.63, 3.8) is 0 Å². The smallest absolute Gasteiger partial charge is 0.332 e. The third-order valence-electron chi connectivity index (χ3n) is 4.63. The number of nitrogens with one attached hydrogen (secondary N) is 2. The van der Waals surface area contributed by atoms with Crippen LogP contribution in [0.3, 0.4) is 0 Å². The van der Waals surface area contributed by atoms with Gasteiger partial charge in [0.25, 0.3) is 0 Å². The predicted molar refractivity (Wildman–Crippen MR) is 90.6 cm³/mol. The first-order chi connectivity index (χ1) is 11.9. The maximum absolute atomic E-state index is 12.5. The van der Waals surface area contributed by atoms with Gasteiger partial charge in [-0.15, -0.1) is 0 Å². The van der Waals surface area contributed by atoms with Crippen molar-refractivity contribution in [3.8, 4) is 0 Å². The maximum atomic E-state index is 12.5. The highest BCUT2D eigenvalue weighted by atomic mass is 16.5. The van der Waals surface area contributed by atoms with Crippen molar-refractivity contribution in [2.75, 3.05) is 26.8 Å². The first-order valence-electron chi connectivity index (χ1n) is 8.73. The lowest BCUT2D eigenvalue weighted by Gasteiger charge is -2.24. The zero-order valence-electron chi connectivity index (χ0n) is 14.8. The molecule has 0 spiro atoms. The van der Waals surface area contributed by atoms with Gasteiger partial charge in [0.1, 0.15) is 11.6 Å². The van der Waals surface area contributed by atoms with Crippen LogP contribution in [0.15, 0.2) is 12.2 Å². The zero-order valence-corrected chi connectivity index (χ0v) is 14.8. The van der Waals surface area contributed by atoms with E-state index in [2.05, 4.69) is 10.6 Å². The van der Waals surface area contributed by atoms with Gasteiger partial charge in [0.15, 0.2) is 0 Å². The molecule has 8 heteroatoms. The lowest BCUT2D eigenvalue weighted by atomic mass is 10.1. The monoisotopic (exact) mass is 353 g/mol. The molecule has 0 aromatic heterocycles. The Hall–Kier alpha value is -2.09. The van der Waals surface area contributed by atoms with Crippen LogP contribution in [-0.4, -0.2) is 66.3 Å². The maximum Gasteiger partial charge on any atom is 0.332 e. The molecular weight excluding hydrogens is 326 g/mol. The van der Waals surface area contributed by atoms with Gasteiger partial charge in [0, 0.05) is 19.5 Å². The summed E-state index contributed by atoms with van der Waals surface area (Å²) in [4.78, 5) is 38.4. The Morgan fingerprint density at radius 3 is 2.88 bits per heavy atom. The molecule has 1 aliphatic carbocycles. The standard InChI is InChI=1S/C17H27N3O5/c1-3-25-15(23)17-10-12(17)8-6-4-5-7-9-20(2)16(24)18-13(11-21)14(22)19-17/h6,8,12-13,21H,3-5,7,9-11H2,1-2H3,(H,18,24)(H,19,22)/b8-6-/t12-,13+,17-/m1/s1. The fraction of sp³-hybridized carbons (Fsp3) is 0.706. The van der Waals surface area contributed by atoms with Gasteiger partial charge in [0.05, 0.1) is 13.2 Å². The van der Waals surface area contributed by atoms with Gasteiger partial charge in [-0.25, -0.2) is 9.59 Å². The second kappa shape index (κ2) is 8.33. The SMILES string of the molecule is CCOC(=O)[C@@]12C[C@H]1/C=C\CCCCN(C)C(=O)N[C@@H](CO)C(=O)N2. The van der Waals surface area contributed by atoms with Crippen LogP contribution in [0.25, 0.3) is 0 Å². The summed E-state index contributed by atoms with van der Waals surface area (Å²) in [5, 5.41) is 14.7. The third-order valence-corrected chi connectivity index (χ3v) is 4.63. The number of carbonyl (C=O) groups excluding carboxylic acids is 3. The number of aliphatic hydroxyl groups is 1. The predicted octanol–water partition coefficient (Wildman–Crippen LogP) is 0.167. The number of nitrogens with zero attached hydrogens (tertiary/aromatic N) is 1. The van der Waals surface area contributed by atoms with Crippen molar-refractivity contribution < 1.29 is 24.2 Å². The molecule has 0 bridgehead atoms. The van der Waals surface area contributed by atoms with Gasteiger partial charge >= 0.3 is 12.0 Å². The molecule has 1 saturated carbocycles. The zero-order chi connectivity index (χ0) is 18.4. The summed E-state index contributed by atoms with van der Waals surface area (Å²) in [5.74, 6) is -1.20. The molecule has 2 aliphatic rings. The molecule has 3 atom stereocenters. The topological polar surface area (TPSA) is 108 Å². The highest BCUT2D eigenvalue weighted by Gasteiger charge is 2.61. The third kappa shape index (κ3) is 4.50. The lowest BCUT2D eigenvalue weighted by Crippen LogP contribution is -2.56. The quantitative estimate of drug-likeness (QED) is 0.495. The van der Waals surface area contributed by atoms with E-state index in [0.717, 1.165) is 19.3 Å². The summed E-state index contributed by atoms with van der Waals surface area (Å²) in [6.07, 6.45) is 7.01. The van der Waals surface area contributed by atoms with Gasteiger partial charge in [0.2, 0.25) is 5.91 Å². The van der Waals surface area contributed by atoms with E-state index in [0.29, 0.717) is 13.0 Å². The first-order valence-corrected chi connectivity index (χ1v) is 8.73. The Morgan fingerprint density at radius 1 is 1.44 bits per heavy atom. The van der Waals surface area contributed by atoms with Gasteiger partial charge in [-0.05, 0) is 32.6 Å².